The van der Waals surface area contributed by atoms with Gasteiger partial charge in [0.1, 0.15) is 0 Å². The van der Waals surface area contributed by atoms with Crippen LogP contribution in [0.5, 0.6) is 0 Å². The summed E-state index contributed by atoms with van der Waals surface area (Å²) >= 11 is 0. The number of para-hydroxylation sites is 5. The summed E-state index contributed by atoms with van der Waals surface area (Å²) in [6.45, 7) is 0. The molecular weight excluding hydrogens is 763 g/mol. The maximum absolute atomic E-state index is 2.46. The molecule has 0 unspecified atom stereocenters. The highest BCUT2D eigenvalue weighted by atomic mass is 15.0. The average molecular weight is 800 g/mol. The Bertz CT molecular complexity index is 4110. The van der Waals surface area contributed by atoms with E-state index in [0.29, 0.717) is 0 Å². The van der Waals surface area contributed by atoms with Crippen molar-refractivity contribution in [1.29, 1.82) is 0 Å². The smallest absolute Gasteiger partial charge is 0.0620 e. The molecule has 0 fully saturated rings. The molecule has 0 atom stereocenters. The van der Waals surface area contributed by atoms with Crippen LogP contribution in [0.15, 0.2) is 224 Å². The zero-order chi connectivity index (χ0) is 41.2. The van der Waals surface area contributed by atoms with Crippen molar-refractivity contribution >= 4 is 81.7 Å². The molecule has 10 aromatic carbocycles. The molecule has 63 heavy (non-hydrogen) atoms. The lowest BCUT2D eigenvalue weighted by Gasteiger charge is -2.11. The normalized spacial score (nSPS) is 12.1. The lowest BCUT2D eigenvalue weighted by Crippen LogP contribution is -1.94. The van der Waals surface area contributed by atoms with Gasteiger partial charge < -0.3 is 13.5 Å². The second-order valence-electron chi connectivity index (χ2n) is 16.9. The predicted octanol–water partition coefficient (Wildman–Crippen LogP) is 16.0. The number of benzene rings is 10. The third-order valence-corrected chi connectivity index (χ3v) is 13.6. The Hall–Kier alpha value is -8.40. The molecule has 0 saturated heterocycles. The monoisotopic (exact) mass is 799 g/mol. The van der Waals surface area contributed by atoms with E-state index < -0.39 is 0 Å². The molecule has 14 rings (SSSR count). The van der Waals surface area contributed by atoms with E-state index in [1.165, 1.54) is 121 Å². The van der Waals surface area contributed by atoms with E-state index in [9.17, 15) is 0 Å². The highest BCUT2D eigenvalue weighted by molar-refractivity contribution is 6.23. The molecule has 0 N–H and O–H groups in total. The number of hydrogen-bond donors (Lipinski definition) is 0. The number of fused-ring (bicyclic) bond motifs is 12. The van der Waals surface area contributed by atoms with Crippen LogP contribution in [0.25, 0.3) is 126 Å². The van der Waals surface area contributed by atoms with Crippen LogP contribution in [0, 0.1) is 0 Å². The summed E-state index contributed by atoms with van der Waals surface area (Å²) < 4.78 is 7.27. The number of aromatic nitrogens is 3. The van der Waals surface area contributed by atoms with Crippen LogP contribution in [-0.2, 0) is 0 Å². The molecule has 0 amide bonds. The Balaban J connectivity index is 0.839. The Kier molecular flexibility index (Phi) is 7.11. The molecule has 4 aromatic heterocycles. The van der Waals surface area contributed by atoms with Crippen LogP contribution in [0.3, 0.4) is 0 Å². The first-order valence-corrected chi connectivity index (χ1v) is 21.8. The lowest BCUT2D eigenvalue weighted by molar-refractivity contribution is 1.18. The van der Waals surface area contributed by atoms with Crippen molar-refractivity contribution in [3.8, 4) is 44.8 Å². The SMILES string of the molecule is c1ccc(-n2c3ccccc3c3ccc(-c4ccc(-c5ccc6c7ccccc7n(-c7ccc(-c8ccc9c%10cccc%11c%12ccccc%12n(c9c8)c%11%10)cc7)c6c5)cc4)cc32)cc1. The van der Waals surface area contributed by atoms with E-state index in [1.54, 1.807) is 0 Å². The van der Waals surface area contributed by atoms with Crippen LogP contribution in [-0.4, -0.2) is 13.5 Å². The minimum atomic E-state index is 1.15. The van der Waals surface area contributed by atoms with E-state index in [1.807, 2.05) is 0 Å². The summed E-state index contributed by atoms with van der Waals surface area (Å²) in [5.41, 5.74) is 18.2. The largest absolute Gasteiger partial charge is 0.309 e. The van der Waals surface area contributed by atoms with E-state index >= 15 is 0 Å². The molecule has 0 aliphatic carbocycles. The summed E-state index contributed by atoms with van der Waals surface area (Å²) in [6, 6.07) is 82.6. The summed E-state index contributed by atoms with van der Waals surface area (Å²) in [5, 5.41) is 10.3. The highest BCUT2D eigenvalue weighted by Crippen LogP contribution is 2.41. The molecule has 292 valence electrons. The molecule has 0 aliphatic rings. The maximum Gasteiger partial charge on any atom is 0.0620 e. The Labute approximate surface area is 362 Å². The first-order chi connectivity index (χ1) is 31.2. The molecule has 0 bridgehead atoms. The van der Waals surface area contributed by atoms with Gasteiger partial charge in [0.15, 0.2) is 0 Å². The molecule has 0 radical (unpaired) electrons. The number of rotatable bonds is 5. The standard InChI is InChI=1S/C60H37N3/c1-2-11-44(12-3-1)61-54-18-7-4-13-46(54)49-32-27-41(35-57(49)61)38-21-23-39(24-22-38)42-28-33-50-47-14-5-8-19-55(47)62(58(50)36-42)45-30-25-40(26-31-45)43-29-34-51-53-17-10-16-52-48-15-6-9-20-56(48)63(60(52)53)59(51)37-43/h1-37H. The highest BCUT2D eigenvalue weighted by Gasteiger charge is 2.19. The van der Waals surface area contributed by atoms with Gasteiger partial charge in [0, 0.05) is 54.5 Å². The van der Waals surface area contributed by atoms with E-state index in [2.05, 4.69) is 238 Å². The van der Waals surface area contributed by atoms with Crippen LogP contribution in [0.1, 0.15) is 0 Å². The van der Waals surface area contributed by atoms with Crippen LogP contribution >= 0.6 is 0 Å². The van der Waals surface area contributed by atoms with E-state index in [4.69, 9.17) is 0 Å². The molecule has 0 aliphatic heterocycles. The molecule has 0 saturated carbocycles. The minimum absolute atomic E-state index is 1.15. The average Bonchev–Trinajstić information content (AvgIpc) is 4.08. The lowest BCUT2D eigenvalue weighted by atomic mass is 9.98. The van der Waals surface area contributed by atoms with Crippen molar-refractivity contribution in [2.45, 2.75) is 0 Å². The van der Waals surface area contributed by atoms with Gasteiger partial charge >= 0.3 is 0 Å². The second kappa shape index (κ2) is 13.1. The predicted molar refractivity (Wildman–Crippen MR) is 266 cm³/mol. The van der Waals surface area contributed by atoms with Crippen LogP contribution in [0.2, 0.25) is 0 Å². The second-order valence-corrected chi connectivity index (χ2v) is 16.9. The Morgan fingerprint density at radius 3 is 1.08 bits per heavy atom. The van der Waals surface area contributed by atoms with E-state index in [-0.39, 0.29) is 0 Å². The van der Waals surface area contributed by atoms with Crippen molar-refractivity contribution in [3.05, 3.63) is 224 Å². The van der Waals surface area contributed by atoms with Gasteiger partial charge in [-0.25, -0.2) is 0 Å². The van der Waals surface area contributed by atoms with Gasteiger partial charge in [0.25, 0.3) is 0 Å². The van der Waals surface area contributed by atoms with Gasteiger partial charge in [-0.05, 0) is 94.0 Å². The molecular formula is C60H37N3. The Morgan fingerprint density at radius 1 is 0.206 bits per heavy atom. The van der Waals surface area contributed by atoms with Gasteiger partial charge in [-0.3, -0.25) is 0 Å². The third-order valence-electron chi connectivity index (χ3n) is 13.6. The summed E-state index contributed by atoms with van der Waals surface area (Å²) in [7, 11) is 0. The number of hydrogen-bond acceptors (Lipinski definition) is 0. The van der Waals surface area contributed by atoms with Crippen molar-refractivity contribution in [2.75, 3.05) is 0 Å². The van der Waals surface area contributed by atoms with Crippen molar-refractivity contribution in [2.24, 2.45) is 0 Å². The first kappa shape index (κ1) is 34.3. The van der Waals surface area contributed by atoms with Gasteiger partial charge in [-0.15, -0.1) is 0 Å². The fraction of sp³-hybridized carbons (Fsp3) is 0. The van der Waals surface area contributed by atoms with Crippen molar-refractivity contribution in [1.82, 2.24) is 13.5 Å². The molecule has 3 nitrogen and oxygen atoms in total. The third kappa shape index (κ3) is 4.96. The summed E-state index contributed by atoms with van der Waals surface area (Å²) in [6.07, 6.45) is 0. The maximum atomic E-state index is 2.46. The first-order valence-electron chi connectivity index (χ1n) is 21.8. The fourth-order valence-electron chi connectivity index (χ4n) is 10.7. The Morgan fingerprint density at radius 2 is 0.556 bits per heavy atom. The van der Waals surface area contributed by atoms with Crippen molar-refractivity contribution < 1.29 is 0 Å². The topological polar surface area (TPSA) is 14.3 Å². The zero-order valence-electron chi connectivity index (χ0n) is 34.2. The zero-order valence-corrected chi connectivity index (χ0v) is 34.2. The summed E-state index contributed by atoms with van der Waals surface area (Å²) in [5.74, 6) is 0. The fourth-order valence-corrected chi connectivity index (χ4v) is 10.7. The van der Waals surface area contributed by atoms with Gasteiger partial charge in [0.2, 0.25) is 0 Å². The van der Waals surface area contributed by atoms with Gasteiger partial charge in [0.05, 0.1) is 38.6 Å². The van der Waals surface area contributed by atoms with Gasteiger partial charge in [-0.2, -0.15) is 0 Å². The van der Waals surface area contributed by atoms with Crippen LogP contribution < -0.4 is 0 Å². The molecule has 0 spiro atoms. The van der Waals surface area contributed by atoms with E-state index in [0.717, 1.165) is 5.69 Å². The van der Waals surface area contributed by atoms with Crippen LogP contribution in [0.4, 0.5) is 0 Å². The van der Waals surface area contributed by atoms with Crippen molar-refractivity contribution in [3.63, 3.8) is 0 Å². The summed E-state index contributed by atoms with van der Waals surface area (Å²) in [4.78, 5) is 0. The molecule has 14 aromatic rings. The minimum Gasteiger partial charge on any atom is -0.309 e. The molecule has 3 heteroatoms. The quantitative estimate of drug-likeness (QED) is 0.165. The van der Waals surface area contributed by atoms with Gasteiger partial charge in [-0.1, -0.05) is 164 Å². The molecule has 4 heterocycles. The number of nitrogens with zero attached hydrogens (tertiary/aromatic N) is 3.